The van der Waals surface area contributed by atoms with Crippen LogP contribution in [0.3, 0.4) is 0 Å². The predicted molar refractivity (Wildman–Crippen MR) is 83.8 cm³/mol. The largest absolute Gasteiger partial charge is 0.395 e. The number of aromatic nitrogens is 1. The van der Waals surface area contributed by atoms with E-state index in [1.54, 1.807) is 35.0 Å². The Morgan fingerprint density at radius 2 is 1.95 bits per heavy atom. The number of nitrogens with one attached hydrogen (secondary N) is 1. The Morgan fingerprint density at radius 1 is 1.11 bits per heavy atom. The Balaban J connectivity index is 2.05. The number of anilines is 3. The van der Waals surface area contributed by atoms with Gasteiger partial charge in [-0.05, 0) is 30.3 Å². The van der Waals surface area contributed by atoms with Gasteiger partial charge in [-0.15, -0.1) is 11.3 Å². The fraction of sp³-hybridized carbons (Fsp3) is 0. The van der Waals surface area contributed by atoms with Crippen LogP contribution in [0.4, 0.5) is 17.1 Å². The normalized spacial score (nSPS) is 10.8. The van der Waals surface area contributed by atoms with Gasteiger partial charge in [0.2, 0.25) is 0 Å². The van der Waals surface area contributed by atoms with E-state index < -0.39 is 0 Å². The molecule has 3 rings (SSSR count). The molecule has 0 atom stereocenters. The minimum absolute atomic E-state index is 0.585. The van der Waals surface area contributed by atoms with Crippen molar-refractivity contribution in [1.82, 2.24) is 4.98 Å². The van der Waals surface area contributed by atoms with E-state index >= 15 is 0 Å². The van der Waals surface area contributed by atoms with Gasteiger partial charge in [-0.2, -0.15) is 0 Å². The van der Waals surface area contributed by atoms with Crippen LogP contribution in [0.2, 0.25) is 10.0 Å². The molecule has 0 saturated heterocycles. The number of rotatable bonds is 2. The number of thiazole rings is 1. The van der Waals surface area contributed by atoms with E-state index in [1.165, 1.54) is 0 Å². The summed E-state index contributed by atoms with van der Waals surface area (Å²) >= 11 is 13.6. The minimum atomic E-state index is 0.585. The van der Waals surface area contributed by atoms with Crippen LogP contribution in [0.15, 0.2) is 35.8 Å². The number of nitrogen functional groups attached to an aromatic ring is 1. The van der Waals surface area contributed by atoms with Crippen LogP contribution in [-0.2, 0) is 0 Å². The average molecular weight is 310 g/mol. The zero-order chi connectivity index (χ0) is 13.4. The highest BCUT2D eigenvalue weighted by atomic mass is 35.5. The molecule has 19 heavy (non-hydrogen) atoms. The second kappa shape index (κ2) is 4.89. The standard InChI is InChI=1S/C13H9Cl2N3S/c14-7-1-2-8(15)10(5-7)18-9-3-4-11-13(12(9)16)17-6-19-11/h1-6,18H,16H2. The molecule has 1 heterocycles. The molecule has 2 aromatic carbocycles. The summed E-state index contributed by atoms with van der Waals surface area (Å²) in [5.74, 6) is 0. The number of hydrogen-bond donors (Lipinski definition) is 2. The first-order chi connectivity index (χ1) is 9.15. The van der Waals surface area contributed by atoms with Crippen LogP contribution >= 0.6 is 34.5 Å². The second-order valence-electron chi connectivity index (χ2n) is 3.98. The van der Waals surface area contributed by atoms with E-state index in [0.29, 0.717) is 15.7 Å². The third-order valence-electron chi connectivity index (χ3n) is 2.74. The molecule has 0 aliphatic carbocycles. The van der Waals surface area contributed by atoms with Crippen molar-refractivity contribution in [3.63, 3.8) is 0 Å². The van der Waals surface area contributed by atoms with Crippen LogP contribution in [0.5, 0.6) is 0 Å². The zero-order valence-electron chi connectivity index (χ0n) is 9.65. The van der Waals surface area contributed by atoms with Gasteiger partial charge in [0.1, 0.15) is 5.52 Å². The Bertz CT molecular complexity index is 755. The molecular formula is C13H9Cl2N3S. The van der Waals surface area contributed by atoms with Crippen LogP contribution < -0.4 is 11.1 Å². The van der Waals surface area contributed by atoms with Crippen molar-refractivity contribution >= 4 is 61.8 Å². The lowest BCUT2D eigenvalue weighted by Gasteiger charge is -2.11. The summed E-state index contributed by atoms with van der Waals surface area (Å²) < 4.78 is 1.06. The maximum Gasteiger partial charge on any atom is 0.106 e. The average Bonchev–Trinajstić information content (AvgIpc) is 2.86. The molecule has 0 spiro atoms. The maximum atomic E-state index is 6.12. The molecule has 0 aliphatic rings. The van der Waals surface area contributed by atoms with Crippen LogP contribution in [0.25, 0.3) is 10.2 Å². The fourth-order valence-corrected chi connectivity index (χ4v) is 2.83. The van der Waals surface area contributed by atoms with Crippen molar-refractivity contribution in [2.75, 3.05) is 11.1 Å². The van der Waals surface area contributed by atoms with Crippen molar-refractivity contribution in [1.29, 1.82) is 0 Å². The van der Waals surface area contributed by atoms with Crippen LogP contribution in [0.1, 0.15) is 0 Å². The molecule has 0 unspecified atom stereocenters. The van der Waals surface area contributed by atoms with Gasteiger partial charge >= 0.3 is 0 Å². The molecule has 0 saturated carbocycles. The van der Waals surface area contributed by atoms with E-state index in [2.05, 4.69) is 10.3 Å². The first-order valence-electron chi connectivity index (χ1n) is 5.49. The summed E-state index contributed by atoms with van der Waals surface area (Å²) in [4.78, 5) is 4.25. The number of fused-ring (bicyclic) bond motifs is 1. The number of hydrogen-bond acceptors (Lipinski definition) is 4. The molecule has 1 aromatic heterocycles. The van der Waals surface area contributed by atoms with Crippen LogP contribution in [0, 0.1) is 0 Å². The smallest absolute Gasteiger partial charge is 0.106 e. The van der Waals surface area contributed by atoms with E-state index in [9.17, 15) is 0 Å². The molecular weight excluding hydrogens is 301 g/mol. The molecule has 0 amide bonds. The highest BCUT2D eigenvalue weighted by Gasteiger charge is 2.09. The van der Waals surface area contributed by atoms with Gasteiger partial charge in [-0.3, -0.25) is 0 Å². The summed E-state index contributed by atoms with van der Waals surface area (Å²) in [7, 11) is 0. The lowest BCUT2D eigenvalue weighted by Crippen LogP contribution is -1.97. The van der Waals surface area contributed by atoms with Gasteiger partial charge in [0.25, 0.3) is 0 Å². The van der Waals surface area contributed by atoms with Crippen molar-refractivity contribution in [2.24, 2.45) is 0 Å². The molecule has 96 valence electrons. The van der Waals surface area contributed by atoms with E-state index in [4.69, 9.17) is 28.9 Å². The first kappa shape index (κ1) is 12.5. The van der Waals surface area contributed by atoms with Crippen molar-refractivity contribution in [3.8, 4) is 0 Å². The van der Waals surface area contributed by atoms with Gasteiger partial charge in [0.15, 0.2) is 0 Å². The van der Waals surface area contributed by atoms with Gasteiger partial charge in [0.05, 0.1) is 32.3 Å². The van der Waals surface area contributed by atoms with Gasteiger partial charge in [0, 0.05) is 5.02 Å². The van der Waals surface area contributed by atoms with Crippen molar-refractivity contribution < 1.29 is 0 Å². The summed E-state index contributed by atoms with van der Waals surface area (Å²) in [6.07, 6.45) is 0. The Hall–Kier alpha value is -1.49. The van der Waals surface area contributed by atoms with E-state index in [1.807, 2.05) is 12.1 Å². The van der Waals surface area contributed by atoms with Crippen molar-refractivity contribution in [3.05, 3.63) is 45.9 Å². The SMILES string of the molecule is Nc1c(Nc2cc(Cl)ccc2Cl)ccc2scnc12. The molecule has 3 nitrogen and oxygen atoms in total. The van der Waals surface area contributed by atoms with Gasteiger partial charge in [-0.1, -0.05) is 23.2 Å². The third kappa shape index (κ3) is 2.34. The summed E-state index contributed by atoms with van der Waals surface area (Å²) in [5, 5.41) is 4.38. The summed E-state index contributed by atoms with van der Waals surface area (Å²) in [6.45, 7) is 0. The van der Waals surface area contributed by atoms with E-state index in [0.717, 1.165) is 21.6 Å². The van der Waals surface area contributed by atoms with Crippen LogP contribution in [-0.4, -0.2) is 4.98 Å². The highest BCUT2D eigenvalue weighted by Crippen LogP contribution is 2.34. The summed E-state index contributed by atoms with van der Waals surface area (Å²) in [6, 6.07) is 9.12. The highest BCUT2D eigenvalue weighted by molar-refractivity contribution is 7.16. The number of nitrogens with two attached hydrogens (primary N) is 1. The molecule has 0 fully saturated rings. The Morgan fingerprint density at radius 3 is 2.79 bits per heavy atom. The fourth-order valence-electron chi connectivity index (χ4n) is 1.80. The van der Waals surface area contributed by atoms with Gasteiger partial charge in [-0.25, -0.2) is 4.98 Å². The predicted octanol–water partition coefficient (Wildman–Crippen LogP) is 4.93. The lowest BCUT2D eigenvalue weighted by molar-refractivity contribution is 1.49. The number of halogens is 2. The monoisotopic (exact) mass is 309 g/mol. The quantitative estimate of drug-likeness (QED) is 0.660. The number of nitrogens with zero attached hydrogens (tertiary/aromatic N) is 1. The lowest BCUT2D eigenvalue weighted by atomic mass is 10.2. The third-order valence-corrected chi connectivity index (χ3v) is 4.10. The van der Waals surface area contributed by atoms with Crippen molar-refractivity contribution in [2.45, 2.75) is 0 Å². The number of benzene rings is 2. The molecule has 0 radical (unpaired) electrons. The molecule has 6 heteroatoms. The molecule has 0 aliphatic heterocycles. The Labute approximate surface area is 124 Å². The molecule has 3 N–H and O–H groups in total. The zero-order valence-corrected chi connectivity index (χ0v) is 12.0. The second-order valence-corrected chi connectivity index (χ2v) is 5.71. The topological polar surface area (TPSA) is 50.9 Å². The Kier molecular flexibility index (Phi) is 3.22. The first-order valence-corrected chi connectivity index (χ1v) is 7.12. The molecule has 0 bridgehead atoms. The summed E-state index contributed by atoms with van der Waals surface area (Å²) in [5.41, 5.74) is 10.8. The molecule has 3 aromatic rings. The van der Waals surface area contributed by atoms with Gasteiger partial charge < -0.3 is 11.1 Å². The maximum absolute atomic E-state index is 6.12. The van der Waals surface area contributed by atoms with E-state index in [-0.39, 0.29) is 0 Å². The minimum Gasteiger partial charge on any atom is -0.395 e.